The average Bonchev–Trinajstić information content (AvgIpc) is 3.30. The highest BCUT2D eigenvalue weighted by Crippen LogP contribution is 2.30. The minimum Gasteiger partial charge on any atom is -0.377 e. The summed E-state index contributed by atoms with van der Waals surface area (Å²) in [6, 6.07) is 12.8. The van der Waals surface area contributed by atoms with E-state index in [1.807, 2.05) is 12.4 Å². The third-order valence-corrected chi connectivity index (χ3v) is 7.01. The van der Waals surface area contributed by atoms with Crippen molar-refractivity contribution in [2.45, 2.75) is 25.6 Å². The molecule has 3 aromatic heterocycles. The van der Waals surface area contributed by atoms with Crippen molar-refractivity contribution < 1.29 is 9.47 Å². The molecular weight excluding hydrogens is 426 g/mol. The van der Waals surface area contributed by atoms with Gasteiger partial charge in [-0.15, -0.1) is 0 Å². The van der Waals surface area contributed by atoms with Crippen LogP contribution in [-0.2, 0) is 9.47 Å². The monoisotopic (exact) mass is 459 g/mol. The van der Waals surface area contributed by atoms with E-state index >= 15 is 0 Å². The Balaban J connectivity index is 1.37. The van der Waals surface area contributed by atoms with Gasteiger partial charge in [0.15, 0.2) is 6.29 Å². The van der Waals surface area contributed by atoms with Crippen molar-refractivity contribution in [3.05, 3.63) is 55.0 Å². The molecule has 7 nitrogen and oxygen atoms in total. The Bertz CT molecular complexity index is 1270. The van der Waals surface area contributed by atoms with Crippen LogP contribution >= 0.6 is 0 Å². The zero-order valence-corrected chi connectivity index (χ0v) is 20.4. The highest BCUT2D eigenvalue weighted by molar-refractivity contribution is 5.95. The van der Waals surface area contributed by atoms with E-state index in [0.717, 1.165) is 54.9 Å². The maximum absolute atomic E-state index is 5.38. The molecule has 4 heterocycles. The molecule has 0 atom stereocenters. The van der Waals surface area contributed by atoms with Gasteiger partial charge in [0.05, 0.1) is 11.7 Å². The van der Waals surface area contributed by atoms with Crippen molar-refractivity contribution in [1.29, 1.82) is 0 Å². The SMILES string of the molecule is COC(CC1CCN(c2cc3ccn(-c4cc5c(N(C)C)cccc5cn4)c3cn2)CC1)OC. The number of ether oxygens (including phenoxy) is 2. The van der Waals surface area contributed by atoms with Crippen molar-refractivity contribution >= 4 is 33.2 Å². The van der Waals surface area contributed by atoms with Crippen LogP contribution in [0.2, 0.25) is 0 Å². The van der Waals surface area contributed by atoms with Crippen LogP contribution in [0.15, 0.2) is 55.0 Å². The van der Waals surface area contributed by atoms with Gasteiger partial charge in [0.2, 0.25) is 0 Å². The van der Waals surface area contributed by atoms with E-state index in [2.05, 4.69) is 71.1 Å². The fraction of sp³-hybridized carbons (Fsp3) is 0.407. The first-order valence-electron chi connectivity index (χ1n) is 11.9. The van der Waals surface area contributed by atoms with Gasteiger partial charge >= 0.3 is 0 Å². The number of pyridine rings is 2. The molecule has 4 aromatic rings. The van der Waals surface area contributed by atoms with Crippen molar-refractivity contribution in [3.8, 4) is 5.82 Å². The maximum atomic E-state index is 5.38. The molecule has 0 amide bonds. The molecule has 0 spiro atoms. The first kappa shape index (κ1) is 22.6. The summed E-state index contributed by atoms with van der Waals surface area (Å²) in [5.41, 5.74) is 2.25. The number of hydrogen-bond donors (Lipinski definition) is 0. The van der Waals surface area contributed by atoms with E-state index in [-0.39, 0.29) is 6.29 Å². The van der Waals surface area contributed by atoms with Crippen molar-refractivity contribution in [3.63, 3.8) is 0 Å². The largest absolute Gasteiger partial charge is 0.377 e. The molecule has 1 fully saturated rings. The summed E-state index contributed by atoms with van der Waals surface area (Å²) in [6.07, 6.45) is 9.11. The quantitative estimate of drug-likeness (QED) is 0.368. The van der Waals surface area contributed by atoms with E-state index in [0.29, 0.717) is 5.92 Å². The Labute approximate surface area is 200 Å². The summed E-state index contributed by atoms with van der Waals surface area (Å²) in [4.78, 5) is 14.1. The van der Waals surface area contributed by atoms with E-state index in [1.54, 1.807) is 14.2 Å². The van der Waals surface area contributed by atoms with E-state index < -0.39 is 0 Å². The van der Waals surface area contributed by atoms with E-state index in [4.69, 9.17) is 19.4 Å². The second-order valence-corrected chi connectivity index (χ2v) is 9.29. The first-order chi connectivity index (χ1) is 16.6. The van der Waals surface area contributed by atoms with Gasteiger partial charge in [-0.3, -0.25) is 4.57 Å². The number of aromatic nitrogens is 3. The summed E-state index contributed by atoms with van der Waals surface area (Å²) in [5, 5.41) is 3.50. The molecule has 34 heavy (non-hydrogen) atoms. The van der Waals surface area contributed by atoms with Crippen LogP contribution in [0, 0.1) is 5.92 Å². The van der Waals surface area contributed by atoms with Gasteiger partial charge in [-0.2, -0.15) is 0 Å². The third kappa shape index (κ3) is 4.33. The molecule has 1 aliphatic rings. The lowest BCUT2D eigenvalue weighted by atomic mass is 9.93. The standard InChI is InChI=1S/C27H33N5O2/c1-30(2)23-7-5-6-21-17-28-26(16-22(21)23)32-13-10-20-15-25(29-18-24(20)32)31-11-8-19(9-12-31)14-27(33-3)34-4/h5-7,10,13,15-19,27H,8-9,11-12,14H2,1-4H3. The van der Waals surface area contributed by atoms with Crippen LogP contribution in [0.3, 0.4) is 0 Å². The Hall–Kier alpha value is -3.16. The van der Waals surface area contributed by atoms with E-state index in [9.17, 15) is 0 Å². The molecule has 0 unspecified atom stereocenters. The number of piperidine rings is 1. The van der Waals surface area contributed by atoms with Crippen LogP contribution < -0.4 is 9.80 Å². The Morgan fingerprint density at radius 2 is 1.74 bits per heavy atom. The highest BCUT2D eigenvalue weighted by Gasteiger charge is 2.23. The Kier molecular flexibility index (Phi) is 6.39. The van der Waals surface area contributed by atoms with Gasteiger partial charge < -0.3 is 19.3 Å². The van der Waals surface area contributed by atoms with Crippen molar-refractivity contribution in [2.75, 3.05) is 51.2 Å². The summed E-state index contributed by atoms with van der Waals surface area (Å²) in [5.74, 6) is 2.56. The summed E-state index contributed by atoms with van der Waals surface area (Å²) >= 11 is 0. The molecule has 0 radical (unpaired) electrons. The van der Waals surface area contributed by atoms with Gasteiger partial charge in [0.25, 0.3) is 0 Å². The normalized spacial score (nSPS) is 15.0. The molecule has 0 N–H and O–H groups in total. The molecule has 1 aliphatic heterocycles. The summed E-state index contributed by atoms with van der Waals surface area (Å²) in [7, 11) is 7.57. The number of benzene rings is 1. The van der Waals surface area contributed by atoms with Gasteiger partial charge in [0, 0.05) is 82.1 Å². The second-order valence-electron chi connectivity index (χ2n) is 9.29. The molecule has 0 saturated carbocycles. The topological polar surface area (TPSA) is 55.7 Å². The lowest BCUT2D eigenvalue weighted by Crippen LogP contribution is -2.35. The smallest absolute Gasteiger partial charge is 0.157 e. The lowest BCUT2D eigenvalue weighted by molar-refractivity contribution is -0.115. The maximum Gasteiger partial charge on any atom is 0.157 e. The van der Waals surface area contributed by atoms with Crippen LogP contribution in [0.5, 0.6) is 0 Å². The van der Waals surface area contributed by atoms with Crippen molar-refractivity contribution in [1.82, 2.24) is 14.5 Å². The zero-order chi connectivity index (χ0) is 23.7. The molecule has 1 saturated heterocycles. The summed E-state index contributed by atoms with van der Waals surface area (Å²) in [6.45, 7) is 2.01. The van der Waals surface area contributed by atoms with Gasteiger partial charge in [-0.1, -0.05) is 12.1 Å². The van der Waals surface area contributed by atoms with Crippen LogP contribution in [0.4, 0.5) is 11.5 Å². The predicted molar refractivity (Wildman–Crippen MR) is 138 cm³/mol. The molecule has 5 rings (SSSR count). The van der Waals surface area contributed by atoms with Gasteiger partial charge in [0.1, 0.15) is 11.6 Å². The van der Waals surface area contributed by atoms with Crippen LogP contribution in [0.1, 0.15) is 19.3 Å². The Morgan fingerprint density at radius 1 is 0.971 bits per heavy atom. The minimum atomic E-state index is -0.108. The average molecular weight is 460 g/mol. The lowest BCUT2D eigenvalue weighted by Gasteiger charge is -2.33. The molecule has 0 bridgehead atoms. The number of rotatable bonds is 7. The molecule has 1 aromatic carbocycles. The van der Waals surface area contributed by atoms with E-state index in [1.165, 1.54) is 16.5 Å². The van der Waals surface area contributed by atoms with Gasteiger partial charge in [-0.25, -0.2) is 9.97 Å². The highest BCUT2D eigenvalue weighted by atomic mass is 16.7. The number of methoxy groups -OCH3 is 2. The van der Waals surface area contributed by atoms with Crippen LogP contribution in [0.25, 0.3) is 27.5 Å². The molecular formula is C27H33N5O2. The predicted octanol–water partition coefficient (Wildman–Crippen LogP) is 4.87. The number of hydrogen-bond acceptors (Lipinski definition) is 6. The fourth-order valence-electron chi connectivity index (χ4n) is 5.02. The Morgan fingerprint density at radius 3 is 2.47 bits per heavy atom. The first-order valence-corrected chi connectivity index (χ1v) is 11.9. The molecule has 178 valence electrons. The van der Waals surface area contributed by atoms with Crippen LogP contribution in [-0.4, -0.2) is 62.2 Å². The fourth-order valence-corrected chi connectivity index (χ4v) is 5.02. The molecule has 0 aliphatic carbocycles. The summed E-state index contributed by atoms with van der Waals surface area (Å²) < 4.78 is 12.9. The minimum absolute atomic E-state index is 0.108. The second kappa shape index (κ2) is 9.60. The number of anilines is 2. The number of nitrogens with zero attached hydrogens (tertiary/aromatic N) is 5. The third-order valence-electron chi connectivity index (χ3n) is 7.01. The van der Waals surface area contributed by atoms with Gasteiger partial charge in [-0.05, 0) is 43.0 Å². The van der Waals surface area contributed by atoms with Crippen molar-refractivity contribution in [2.24, 2.45) is 5.92 Å². The zero-order valence-electron chi connectivity index (χ0n) is 20.4. The number of fused-ring (bicyclic) bond motifs is 2. The molecule has 7 heteroatoms.